The summed E-state index contributed by atoms with van der Waals surface area (Å²) >= 11 is 1.53. The first-order chi connectivity index (χ1) is 16.4. The molecule has 4 aromatic rings. The molecule has 3 aromatic heterocycles. The normalized spacial score (nSPS) is 14.5. The molecule has 1 saturated heterocycles. The predicted octanol–water partition coefficient (Wildman–Crippen LogP) is 3.57. The number of hydrogen-bond acceptors (Lipinski definition) is 10. The zero-order valence-corrected chi connectivity index (χ0v) is 20.5. The molecule has 0 atom stereocenters. The molecule has 0 radical (unpaired) electrons. The summed E-state index contributed by atoms with van der Waals surface area (Å²) in [6, 6.07) is 9.96. The van der Waals surface area contributed by atoms with Crippen LogP contribution in [0.15, 0.2) is 53.7 Å². The van der Waals surface area contributed by atoms with Crippen LogP contribution in [0.5, 0.6) is 11.6 Å². The third-order valence-electron chi connectivity index (χ3n) is 5.63. The van der Waals surface area contributed by atoms with Gasteiger partial charge in [-0.25, -0.2) is 28.4 Å². The molecule has 0 amide bonds. The van der Waals surface area contributed by atoms with Gasteiger partial charge in [0.15, 0.2) is 15.0 Å². The Hall–Kier alpha value is -3.31. The molecule has 34 heavy (non-hydrogen) atoms. The lowest BCUT2D eigenvalue weighted by Crippen LogP contribution is -2.47. The molecule has 1 aliphatic rings. The molecule has 1 fully saturated rings. The Morgan fingerprint density at radius 2 is 1.62 bits per heavy atom. The standard InChI is InChI=1S/C23H24N6O3S2/c1-3-16-14-24-22(25-15-16)28-10-12-29(13-11-28)23-26-19-8-9-20(27-21(19)33-23)32-17-4-6-18(7-5-17)34(2,30)31/h4-9,14-15H,3,10-13H2,1-2H3. The van der Waals surface area contributed by atoms with Gasteiger partial charge in [-0.3, -0.25) is 0 Å². The van der Waals surface area contributed by atoms with Crippen LogP contribution in [0.3, 0.4) is 0 Å². The Morgan fingerprint density at radius 3 is 2.26 bits per heavy atom. The van der Waals surface area contributed by atoms with Gasteiger partial charge >= 0.3 is 0 Å². The molecule has 0 spiro atoms. The molecule has 0 aliphatic carbocycles. The lowest BCUT2D eigenvalue weighted by Gasteiger charge is -2.34. The van der Waals surface area contributed by atoms with Crippen molar-refractivity contribution in [3.8, 4) is 11.6 Å². The lowest BCUT2D eigenvalue weighted by atomic mass is 10.3. The molecule has 1 aliphatic heterocycles. The van der Waals surface area contributed by atoms with Crippen LogP contribution in [0.1, 0.15) is 12.5 Å². The lowest BCUT2D eigenvalue weighted by molar-refractivity contribution is 0.465. The van der Waals surface area contributed by atoms with E-state index in [4.69, 9.17) is 9.72 Å². The van der Waals surface area contributed by atoms with Crippen LogP contribution in [0.4, 0.5) is 11.1 Å². The van der Waals surface area contributed by atoms with Gasteiger partial charge in [0.05, 0.1) is 4.90 Å². The summed E-state index contributed by atoms with van der Waals surface area (Å²) in [7, 11) is -3.24. The van der Waals surface area contributed by atoms with E-state index < -0.39 is 9.84 Å². The van der Waals surface area contributed by atoms with Crippen molar-refractivity contribution < 1.29 is 13.2 Å². The first kappa shape index (κ1) is 22.5. The highest BCUT2D eigenvalue weighted by atomic mass is 32.2. The van der Waals surface area contributed by atoms with Crippen molar-refractivity contribution in [3.05, 3.63) is 54.4 Å². The summed E-state index contributed by atoms with van der Waals surface area (Å²) in [5.41, 5.74) is 1.96. The van der Waals surface area contributed by atoms with E-state index >= 15 is 0 Å². The van der Waals surface area contributed by atoms with E-state index in [1.807, 2.05) is 18.5 Å². The summed E-state index contributed by atoms with van der Waals surface area (Å²) in [4.78, 5) is 23.8. The van der Waals surface area contributed by atoms with Crippen LogP contribution in [0, 0.1) is 0 Å². The average molecular weight is 497 g/mol. The van der Waals surface area contributed by atoms with Crippen LogP contribution < -0.4 is 14.5 Å². The summed E-state index contributed by atoms with van der Waals surface area (Å²) in [5.74, 6) is 1.73. The van der Waals surface area contributed by atoms with Crippen LogP contribution in [0.25, 0.3) is 10.3 Å². The van der Waals surface area contributed by atoms with E-state index in [9.17, 15) is 8.42 Å². The number of thiazole rings is 1. The van der Waals surface area contributed by atoms with Crippen molar-refractivity contribution in [2.45, 2.75) is 18.2 Å². The fourth-order valence-corrected chi connectivity index (χ4v) is 5.26. The van der Waals surface area contributed by atoms with Gasteiger partial charge in [0.2, 0.25) is 11.8 Å². The van der Waals surface area contributed by atoms with E-state index in [-0.39, 0.29) is 4.90 Å². The number of piperazine rings is 1. The second kappa shape index (κ2) is 9.15. The zero-order chi connectivity index (χ0) is 23.7. The highest BCUT2D eigenvalue weighted by Crippen LogP contribution is 2.31. The van der Waals surface area contributed by atoms with Gasteiger partial charge in [-0.1, -0.05) is 18.3 Å². The molecule has 0 bridgehead atoms. The number of sulfone groups is 1. The van der Waals surface area contributed by atoms with Gasteiger partial charge in [-0.05, 0) is 42.3 Å². The minimum atomic E-state index is -3.24. The number of benzene rings is 1. The van der Waals surface area contributed by atoms with E-state index in [2.05, 4.69) is 31.7 Å². The van der Waals surface area contributed by atoms with E-state index in [1.165, 1.54) is 29.7 Å². The van der Waals surface area contributed by atoms with Gasteiger partial charge in [0.1, 0.15) is 16.1 Å². The SMILES string of the molecule is CCc1cnc(N2CCN(c3nc4ccc(Oc5ccc(S(C)(=O)=O)cc5)nc4s3)CC2)nc1. The summed E-state index contributed by atoms with van der Waals surface area (Å²) < 4.78 is 29.1. The first-order valence-electron chi connectivity index (χ1n) is 11.0. The van der Waals surface area contributed by atoms with Gasteiger partial charge in [-0.15, -0.1) is 0 Å². The molecule has 176 valence electrons. The third-order valence-corrected chi connectivity index (χ3v) is 7.78. The Morgan fingerprint density at radius 1 is 0.941 bits per heavy atom. The zero-order valence-electron chi connectivity index (χ0n) is 18.9. The highest BCUT2D eigenvalue weighted by Gasteiger charge is 2.22. The fraction of sp³-hybridized carbons (Fsp3) is 0.304. The summed E-state index contributed by atoms with van der Waals surface area (Å²) in [6.07, 6.45) is 5.90. The average Bonchev–Trinajstić information content (AvgIpc) is 3.27. The molecule has 0 unspecified atom stereocenters. The van der Waals surface area contributed by atoms with Crippen molar-refractivity contribution >= 4 is 42.6 Å². The molecule has 0 saturated carbocycles. The number of pyridine rings is 1. The maximum atomic E-state index is 11.6. The predicted molar refractivity (Wildman–Crippen MR) is 133 cm³/mol. The maximum absolute atomic E-state index is 11.6. The molecule has 0 N–H and O–H groups in total. The number of rotatable bonds is 6. The number of aryl methyl sites for hydroxylation is 1. The smallest absolute Gasteiger partial charge is 0.225 e. The number of ether oxygens (including phenoxy) is 1. The molecular formula is C23H24N6O3S2. The van der Waals surface area contributed by atoms with Crippen LogP contribution in [0.2, 0.25) is 0 Å². The number of anilines is 2. The van der Waals surface area contributed by atoms with Crippen molar-refractivity contribution in [2.24, 2.45) is 0 Å². The molecule has 11 heteroatoms. The largest absolute Gasteiger partial charge is 0.439 e. The number of nitrogens with zero attached hydrogens (tertiary/aromatic N) is 6. The molecule has 1 aromatic carbocycles. The minimum Gasteiger partial charge on any atom is -0.439 e. The van der Waals surface area contributed by atoms with Crippen LogP contribution in [-0.4, -0.2) is 60.8 Å². The number of hydrogen-bond donors (Lipinski definition) is 0. The maximum Gasteiger partial charge on any atom is 0.225 e. The van der Waals surface area contributed by atoms with Crippen molar-refractivity contribution in [2.75, 3.05) is 42.2 Å². The summed E-state index contributed by atoms with van der Waals surface area (Å²) in [6.45, 7) is 5.40. The second-order valence-electron chi connectivity index (χ2n) is 8.03. The Bertz CT molecular complexity index is 1400. The third kappa shape index (κ3) is 4.80. The topological polar surface area (TPSA) is 101 Å². The highest BCUT2D eigenvalue weighted by molar-refractivity contribution is 7.90. The Labute approximate surface area is 202 Å². The first-order valence-corrected chi connectivity index (χ1v) is 13.7. The minimum absolute atomic E-state index is 0.250. The number of aromatic nitrogens is 4. The monoisotopic (exact) mass is 496 g/mol. The molecule has 4 heterocycles. The van der Waals surface area contributed by atoms with Crippen molar-refractivity contribution in [1.29, 1.82) is 0 Å². The van der Waals surface area contributed by atoms with E-state index in [1.54, 1.807) is 18.2 Å². The van der Waals surface area contributed by atoms with Gasteiger partial charge in [0.25, 0.3) is 0 Å². The van der Waals surface area contributed by atoms with Crippen LogP contribution in [-0.2, 0) is 16.3 Å². The molecule has 9 nitrogen and oxygen atoms in total. The molecular weight excluding hydrogens is 472 g/mol. The van der Waals surface area contributed by atoms with Gasteiger partial charge in [-0.2, -0.15) is 0 Å². The van der Waals surface area contributed by atoms with Gasteiger partial charge < -0.3 is 14.5 Å². The Balaban J connectivity index is 1.26. The molecule has 5 rings (SSSR count). The number of fused-ring (bicyclic) bond motifs is 1. The Kier molecular flexibility index (Phi) is 6.05. The van der Waals surface area contributed by atoms with E-state index in [0.717, 1.165) is 59.6 Å². The van der Waals surface area contributed by atoms with Gasteiger partial charge in [0, 0.05) is 50.9 Å². The van der Waals surface area contributed by atoms with Crippen molar-refractivity contribution in [1.82, 2.24) is 19.9 Å². The fourth-order valence-electron chi connectivity index (χ4n) is 3.65. The van der Waals surface area contributed by atoms with Crippen molar-refractivity contribution in [3.63, 3.8) is 0 Å². The quantitative estimate of drug-likeness (QED) is 0.396. The summed E-state index contributed by atoms with van der Waals surface area (Å²) in [5, 5.41) is 0.930. The van der Waals surface area contributed by atoms with E-state index in [0.29, 0.717) is 11.6 Å². The van der Waals surface area contributed by atoms with Crippen LogP contribution >= 0.6 is 11.3 Å². The second-order valence-corrected chi connectivity index (χ2v) is 11.0.